The summed E-state index contributed by atoms with van der Waals surface area (Å²) in [7, 11) is 0. The molecule has 33 heavy (non-hydrogen) atoms. The summed E-state index contributed by atoms with van der Waals surface area (Å²) in [4.78, 5) is 33.3. The van der Waals surface area contributed by atoms with Gasteiger partial charge in [-0.05, 0) is 25.0 Å². The number of carboxylic acid groups (broad SMARTS) is 1. The Balaban J connectivity index is 0.000000383. The molecule has 1 saturated heterocycles. The third-order valence-corrected chi connectivity index (χ3v) is 5.47. The number of carboxylic acids is 1. The van der Waals surface area contributed by atoms with Gasteiger partial charge >= 0.3 is 12.1 Å². The minimum atomic E-state index is -5.08. The third-order valence-electron chi connectivity index (χ3n) is 5.47. The zero-order chi connectivity index (χ0) is 24.1. The molecule has 1 amide bonds. The molecule has 0 radical (unpaired) electrons. The second-order valence-electron chi connectivity index (χ2n) is 7.40. The molecule has 1 aromatic heterocycles. The lowest BCUT2D eigenvalue weighted by Crippen LogP contribution is -2.47. The summed E-state index contributed by atoms with van der Waals surface area (Å²) < 4.78 is 38.1. The van der Waals surface area contributed by atoms with Crippen LogP contribution in [0.15, 0.2) is 42.7 Å². The number of ether oxygens (including phenoxy) is 1. The average Bonchev–Trinajstić information content (AvgIpc) is 2.97. The van der Waals surface area contributed by atoms with Crippen LogP contribution in [0.1, 0.15) is 18.4 Å². The molecule has 178 valence electrons. The molecular formula is C21H23F3N4O5. The predicted molar refractivity (Wildman–Crippen MR) is 110 cm³/mol. The Kier molecular flexibility index (Phi) is 7.49. The Bertz CT molecular complexity index is 966. The maximum atomic E-state index is 11.8. The SMILES string of the molecule is O=C(CO)N1CCC2(CC1)OCCN(c1ncccn1)c1ccccc12.O=C(O)C(F)(F)F. The highest BCUT2D eigenvalue weighted by Gasteiger charge is 2.42. The topological polar surface area (TPSA) is 116 Å². The summed E-state index contributed by atoms with van der Waals surface area (Å²) >= 11 is 0. The van der Waals surface area contributed by atoms with Crippen molar-refractivity contribution in [3.63, 3.8) is 0 Å². The molecule has 0 aliphatic carbocycles. The molecule has 2 aliphatic heterocycles. The fourth-order valence-corrected chi connectivity index (χ4v) is 3.89. The van der Waals surface area contributed by atoms with Crippen LogP contribution in [-0.2, 0) is 19.9 Å². The lowest BCUT2D eigenvalue weighted by atomic mass is 9.83. The van der Waals surface area contributed by atoms with E-state index in [9.17, 15) is 18.0 Å². The first-order chi connectivity index (χ1) is 15.7. The number of aromatic nitrogens is 2. The second-order valence-corrected chi connectivity index (χ2v) is 7.40. The first kappa shape index (κ1) is 24.4. The van der Waals surface area contributed by atoms with Crippen LogP contribution in [0.4, 0.5) is 24.8 Å². The van der Waals surface area contributed by atoms with Gasteiger partial charge in [-0.2, -0.15) is 13.2 Å². The van der Waals surface area contributed by atoms with E-state index in [0.717, 1.165) is 11.3 Å². The Morgan fingerprint density at radius 1 is 1.06 bits per heavy atom. The number of benzene rings is 1. The average molecular weight is 468 g/mol. The minimum absolute atomic E-state index is 0.221. The predicted octanol–water partition coefficient (Wildman–Crippen LogP) is 2.09. The van der Waals surface area contributed by atoms with E-state index in [0.29, 0.717) is 45.0 Å². The van der Waals surface area contributed by atoms with Gasteiger partial charge in [0.15, 0.2) is 0 Å². The Hall–Kier alpha value is -3.25. The fraction of sp³-hybridized carbons (Fsp3) is 0.429. The Labute approximate surface area is 187 Å². The molecule has 2 N–H and O–H groups in total. The zero-order valence-corrected chi connectivity index (χ0v) is 17.5. The summed E-state index contributed by atoms with van der Waals surface area (Å²) in [5.74, 6) is -2.32. The van der Waals surface area contributed by atoms with Crippen molar-refractivity contribution in [2.75, 3.05) is 37.7 Å². The summed E-state index contributed by atoms with van der Waals surface area (Å²) in [5, 5.41) is 16.2. The molecular weight excluding hydrogens is 445 g/mol. The van der Waals surface area contributed by atoms with Crippen molar-refractivity contribution in [3.8, 4) is 0 Å². The number of hydrogen-bond acceptors (Lipinski definition) is 7. The van der Waals surface area contributed by atoms with Crippen LogP contribution in [0.25, 0.3) is 0 Å². The smallest absolute Gasteiger partial charge is 0.475 e. The van der Waals surface area contributed by atoms with Gasteiger partial charge in [0.2, 0.25) is 11.9 Å². The van der Waals surface area contributed by atoms with Crippen molar-refractivity contribution in [1.82, 2.24) is 14.9 Å². The molecule has 2 aromatic rings. The number of halogens is 3. The molecule has 0 unspecified atom stereocenters. The van der Waals surface area contributed by atoms with Crippen LogP contribution < -0.4 is 4.90 Å². The normalized spacial score (nSPS) is 17.5. The Morgan fingerprint density at radius 2 is 1.67 bits per heavy atom. The van der Waals surface area contributed by atoms with E-state index in [1.54, 1.807) is 23.4 Å². The highest BCUT2D eigenvalue weighted by Crippen LogP contribution is 2.44. The first-order valence-electron chi connectivity index (χ1n) is 10.1. The standard InChI is InChI=1S/C19H22N4O3.C2HF3O2/c24-14-17(25)22-10-6-19(7-11-22)15-4-1-2-5-16(15)23(12-13-26-19)18-20-8-3-9-21-18;3-2(4,5)1(6)7/h1-5,8-9,24H,6-7,10-14H2;(H,6,7). The number of carbonyl (C=O) groups is 2. The number of fused-ring (bicyclic) bond motifs is 2. The molecule has 9 nitrogen and oxygen atoms in total. The number of piperidine rings is 1. The monoisotopic (exact) mass is 468 g/mol. The van der Waals surface area contributed by atoms with E-state index < -0.39 is 24.4 Å². The van der Waals surface area contributed by atoms with Crippen molar-refractivity contribution < 1.29 is 37.7 Å². The number of likely N-dealkylation sites (tertiary alicyclic amines) is 1. The maximum Gasteiger partial charge on any atom is 0.490 e. The van der Waals surface area contributed by atoms with E-state index in [-0.39, 0.29) is 5.91 Å². The van der Waals surface area contributed by atoms with Crippen molar-refractivity contribution in [3.05, 3.63) is 48.3 Å². The van der Waals surface area contributed by atoms with E-state index >= 15 is 0 Å². The molecule has 4 rings (SSSR count). The maximum absolute atomic E-state index is 11.8. The van der Waals surface area contributed by atoms with E-state index in [2.05, 4.69) is 27.0 Å². The number of aliphatic carboxylic acids is 1. The number of rotatable bonds is 2. The van der Waals surface area contributed by atoms with Crippen LogP contribution in [0.5, 0.6) is 0 Å². The van der Waals surface area contributed by atoms with Crippen molar-refractivity contribution >= 4 is 23.5 Å². The molecule has 1 aromatic carbocycles. The van der Waals surface area contributed by atoms with Gasteiger partial charge in [-0.25, -0.2) is 14.8 Å². The number of aliphatic hydroxyl groups is 1. The van der Waals surface area contributed by atoms with Gasteiger partial charge in [0.05, 0.1) is 17.9 Å². The number of anilines is 2. The van der Waals surface area contributed by atoms with E-state index in [1.807, 2.05) is 12.1 Å². The van der Waals surface area contributed by atoms with Crippen LogP contribution in [0, 0.1) is 0 Å². The van der Waals surface area contributed by atoms with Crippen LogP contribution in [0.3, 0.4) is 0 Å². The molecule has 2 aliphatic rings. The number of amides is 1. The number of hydrogen-bond donors (Lipinski definition) is 2. The minimum Gasteiger partial charge on any atom is -0.475 e. The van der Waals surface area contributed by atoms with Crippen molar-refractivity contribution in [2.24, 2.45) is 0 Å². The summed E-state index contributed by atoms with van der Waals surface area (Å²) in [6, 6.07) is 10.0. The highest BCUT2D eigenvalue weighted by molar-refractivity contribution is 5.77. The van der Waals surface area contributed by atoms with Gasteiger partial charge < -0.3 is 24.7 Å². The number of nitrogens with zero attached hydrogens (tertiary/aromatic N) is 4. The van der Waals surface area contributed by atoms with Gasteiger partial charge in [-0.1, -0.05) is 18.2 Å². The highest BCUT2D eigenvalue weighted by atomic mass is 19.4. The number of aliphatic hydroxyl groups excluding tert-OH is 1. The quantitative estimate of drug-likeness (QED) is 0.689. The third kappa shape index (κ3) is 5.57. The lowest BCUT2D eigenvalue weighted by Gasteiger charge is -2.41. The second kappa shape index (κ2) is 10.1. The van der Waals surface area contributed by atoms with Crippen molar-refractivity contribution in [1.29, 1.82) is 0 Å². The van der Waals surface area contributed by atoms with E-state index in [4.69, 9.17) is 19.7 Å². The number of alkyl halides is 3. The van der Waals surface area contributed by atoms with Gasteiger partial charge in [-0.15, -0.1) is 0 Å². The van der Waals surface area contributed by atoms with Gasteiger partial charge in [-0.3, -0.25) is 4.79 Å². The summed E-state index contributed by atoms with van der Waals surface area (Å²) in [6.45, 7) is 1.94. The first-order valence-corrected chi connectivity index (χ1v) is 10.1. The molecule has 3 heterocycles. The van der Waals surface area contributed by atoms with Crippen LogP contribution >= 0.6 is 0 Å². The van der Waals surface area contributed by atoms with Crippen molar-refractivity contribution in [2.45, 2.75) is 24.6 Å². The molecule has 1 fully saturated rings. The molecule has 1 spiro atoms. The Morgan fingerprint density at radius 3 is 2.24 bits per heavy atom. The summed E-state index contributed by atoms with van der Waals surface area (Å²) in [5.41, 5.74) is 1.74. The molecule has 0 atom stereocenters. The molecule has 0 bridgehead atoms. The number of carbonyl (C=O) groups excluding carboxylic acids is 1. The number of para-hydroxylation sites is 1. The summed E-state index contributed by atoms with van der Waals surface area (Å²) in [6.07, 6.45) is -0.185. The molecule has 12 heteroatoms. The lowest BCUT2D eigenvalue weighted by molar-refractivity contribution is -0.192. The zero-order valence-electron chi connectivity index (χ0n) is 17.5. The van der Waals surface area contributed by atoms with Crippen LogP contribution in [-0.4, -0.2) is 76.0 Å². The van der Waals surface area contributed by atoms with E-state index in [1.165, 1.54) is 0 Å². The molecule has 0 saturated carbocycles. The van der Waals surface area contributed by atoms with Gasteiger partial charge in [0.1, 0.15) is 6.61 Å². The van der Waals surface area contributed by atoms with Gasteiger partial charge in [0, 0.05) is 37.6 Å². The van der Waals surface area contributed by atoms with Gasteiger partial charge in [0.25, 0.3) is 0 Å². The largest absolute Gasteiger partial charge is 0.490 e. The van der Waals surface area contributed by atoms with Crippen LogP contribution in [0.2, 0.25) is 0 Å². The fourth-order valence-electron chi connectivity index (χ4n) is 3.89.